The van der Waals surface area contributed by atoms with E-state index in [4.69, 9.17) is 5.11 Å². The molecule has 0 amide bonds. The minimum atomic E-state index is -0.718. The van der Waals surface area contributed by atoms with Crippen molar-refractivity contribution in [3.8, 4) is 10.4 Å². The zero-order chi connectivity index (χ0) is 12.7. The lowest BCUT2D eigenvalue weighted by Gasteiger charge is -2.01. The zero-order valence-electron chi connectivity index (χ0n) is 9.71. The standard InChI is InChI=1S/C13H11NO2S2/c1-7-4-8(2-3-14-7)9-5-10-11(17-9)6-12(18-10)13(15)16/h2-5,12H,6H2,1H3,(H,15,16). The van der Waals surface area contributed by atoms with E-state index in [1.54, 1.807) is 11.3 Å². The molecule has 0 aromatic carbocycles. The van der Waals surface area contributed by atoms with Gasteiger partial charge in [0.05, 0.1) is 0 Å². The van der Waals surface area contributed by atoms with Crippen LogP contribution in [0.2, 0.25) is 0 Å². The van der Waals surface area contributed by atoms with Crippen LogP contribution >= 0.6 is 23.1 Å². The molecule has 0 aliphatic carbocycles. The molecule has 1 atom stereocenters. The van der Waals surface area contributed by atoms with E-state index in [0.29, 0.717) is 6.42 Å². The van der Waals surface area contributed by atoms with Crippen LogP contribution in [0.15, 0.2) is 29.3 Å². The summed E-state index contributed by atoms with van der Waals surface area (Å²) in [6.07, 6.45) is 2.45. The number of aromatic nitrogens is 1. The molecule has 5 heteroatoms. The lowest BCUT2D eigenvalue weighted by atomic mass is 10.2. The van der Waals surface area contributed by atoms with Crippen molar-refractivity contribution in [3.63, 3.8) is 0 Å². The normalized spacial score (nSPS) is 17.7. The van der Waals surface area contributed by atoms with Gasteiger partial charge in [0.1, 0.15) is 5.25 Å². The number of hydrogen-bond acceptors (Lipinski definition) is 4. The molecule has 1 aliphatic heterocycles. The Morgan fingerprint density at radius 1 is 1.50 bits per heavy atom. The van der Waals surface area contributed by atoms with Gasteiger partial charge in [-0.2, -0.15) is 0 Å². The highest BCUT2D eigenvalue weighted by atomic mass is 32.2. The minimum absolute atomic E-state index is 0.306. The molecule has 3 rings (SSSR count). The summed E-state index contributed by atoms with van der Waals surface area (Å²) < 4.78 is 0. The summed E-state index contributed by atoms with van der Waals surface area (Å²) in [5, 5.41) is 8.70. The molecule has 0 spiro atoms. The second-order valence-electron chi connectivity index (χ2n) is 4.23. The third-order valence-electron chi connectivity index (χ3n) is 2.87. The molecule has 3 nitrogen and oxygen atoms in total. The molecule has 0 fully saturated rings. The summed E-state index contributed by atoms with van der Waals surface area (Å²) in [6, 6.07) is 6.15. The van der Waals surface area contributed by atoms with E-state index in [1.807, 2.05) is 19.2 Å². The maximum absolute atomic E-state index is 10.9. The smallest absolute Gasteiger partial charge is 0.317 e. The second kappa shape index (κ2) is 4.40. The van der Waals surface area contributed by atoms with Gasteiger partial charge in [-0.15, -0.1) is 23.1 Å². The van der Waals surface area contributed by atoms with E-state index in [1.165, 1.54) is 21.5 Å². The predicted octanol–water partition coefficient (Wildman–Crippen LogP) is 3.22. The number of hydrogen-bond donors (Lipinski definition) is 1. The lowest BCUT2D eigenvalue weighted by molar-refractivity contribution is -0.136. The summed E-state index contributed by atoms with van der Waals surface area (Å²) in [5.41, 5.74) is 2.16. The number of fused-ring (bicyclic) bond motifs is 1. The molecule has 92 valence electrons. The zero-order valence-corrected chi connectivity index (χ0v) is 11.3. The molecule has 0 saturated carbocycles. The topological polar surface area (TPSA) is 50.2 Å². The molecule has 0 bridgehead atoms. The summed E-state index contributed by atoms with van der Waals surface area (Å²) >= 11 is 3.15. The Hall–Kier alpha value is -1.33. The molecule has 2 aromatic rings. The van der Waals surface area contributed by atoms with Crippen LogP contribution in [-0.2, 0) is 11.2 Å². The Labute approximate surface area is 113 Å². The first kappa shape index (κ1) is 11.7. The van der Waals surface area contributed by atoms with Crippen molar-refractivity contribution in [2.45, 2.75) is 23.5 Å². The molecule has 18 heavy (non-hydrogen) atoms. The SMILES string of the molecule is Cc1cc(-c2cc3c(s2)CC(C(=O)O)S3)ccn1. The number of thioether (sulfide) groups is 1. The number of carboxylic acid groups (broad SMARTS) is 1. The third kappa shape index (κ3) is 2.04. The van der Waals surface area contributed by atoms with Gasteiger partial charge in [-0.3, -0.25) is 9.78 Å². The van der Waals surface area contributed by atoms with Gasteiger partial charge in [0.25, 0.3) is 0 Å². The number of carboxylic acids is 1. The largest absolute Gasteiger partial charge is 0.480 e. The van der Waals surface area contributed by atoms with Crippen LogP contribution in [0, 0.1) is 6.92 Å². The molecular formula is C13H11NO2S2. The van der Waals surface area contributed by atoms with Crippen LogP contribution in [0.1, 0.15) is 10.6 Å². The Balaban J connectivity index is 1.91. The summed E-state index contributed by atoms with van der Waals surface area (Å²) in [4.78, 5) is 18.6. The van der Waals surface area contributed by atoms with Crippen LogP contribution in [0.5, 0.6) is 0 Å². The average molecular weight is 277 g/mol. The fourth-order valence-electron chi connectivity index (χ4n) is 2.00. The number of pyridine rings is 1. The van der Waals surface area contributed by atoms with E-state index in [-0.39, 0.29) is 5.25 Å². The predicted molar refractivity (Wildman–Crippen MR) is 73.3 cm³/mol. The first-order chi connectivity index (χ1) is 8.63. The van der Waals surface area contributed by atoms with Crippen molar-refractivity contribution in [1.29, 1.82) is 0 Å². The molecule has 1 N–H and O–H groups in total. The van der Waals surface area contributed by atoms with Crippen LogP contribution in [0.25, 0.3) is 10.4 Å². The van der Waals surface area contributed by atoms with Crippen molar-refractivity contribution in [1.82, 2.24) is 4.98 Å². The molecular weight excluding hydrogens is 266 g/mol. The summed E-state index contributed by atoms with van der Waals surface area (Å²) in [6.45, 7) is 1.97. The monoisotopic (exact) mass is 277 g/mol. The number of nitrogens with zero attached hydrogens (tertiary/aromatic N) is 1. The minimum Gasteiger partial charge on any atom is -0.480 e. The van der Waals surface area contributed by atoms with Gasteiger partial charge in [-0.05, 0) is 30.7 Å². The molecule has 3 heterocycles. The van der Waals surface area contributed by atoms with E-state index in [0.717, 1.165) is 16.2 Å². The highest BCUT2D eigenvalue weighted by Gasteiger charge is 2.30. The first-order valence-corrected chi connectivity index (χ1v) is 7.28. The number of aryl methyl sites for hydroxylation is 1. The fraction of sp³-hybridized carbons (Fsp3) is 0.231. The first-order valence-electron chi connectivity index (χ1n) is 5.58. The second-order valence-corrected chi connectivity index (χ2v) is 6.61. The Bertz CT molecular complexity index is 598. The van der Waals surface area contributed by atoms with Crippen molar-refractivity contribution < 1.29 is 9.90 Å². The van der Waals surface area contributed by atoms with E-state index >= 15 is 0 Å². The van der Waals surface area contributed by atoms with Gasteiger partial charge in [0.15, 0.2) is 0 Å². The van der Waals surface area contributed by atoms with Gasteiger partial charge in [0, 0.05) is 33.0 Å². The molecule has 0 radical (unpaired) electrons. The van der Waals surface area contributed by atoms with Crippen molar-refractivity contribution in [3.05, 3.63) is 35.0 Å². The number of aliphatic carboxylic acids is 1. The van der Waals surface area contributed by atoms with Gasteiger partial charge < -0.3 is 5.11 Å². The molecule has 1 unspecified atom stereocenters. The van der Waals surface area contributed by atoms with Crippen LogP contribution in [0.3, 0.4) is 0 Å². The maximum atomic E-state index is 10.9. The number of thiophene rings is 1. The van der Waals surface area contributed by atoms with Crippen LogP contribution in [-0.4, -0.2) is 21.3 Å². The van der Waals surface area contributed by atoms with E-state index in [2.05, 4.69) is 17.1 Å². The Kier molecular flexibility index (Phi) is 2.87. The third-order valence-corrected chi connectivity index (χ3v) is 5.47. The number of carbonyl (C=O) groups is 1. The molecule has 2 aromatic heterocycles. The van der Waals surface area contributed by atoms with Gasteiger partial charge in [-0.25, -0.2) is 0 Å². The lowest BCUT2D eigenvalue weighted by Crippen LogP contribution is -2.14. The van der Waals surface area contributed by atoms with Gasteiger partial charge in [0.2, 0.25) is 0 Å². The maximum Gasteiger partial charge on any atom is 0.317 e. The summed E-state index contributed by atoms with van der Waals surface area (Å²) in [5.74, 6) is -0.718. The van der Waals surface area contributed by atoms with Gasteiger partial charge in [-0.1, -0.05) is 0 Å². The Morgan fingerprint density at radius 2 is 2.33 bits per heavy atom. The molecule has 0 saturated heterocycles. The quantitative estimate of drug-likeness (QED) is 0.915. The average Bonchev–Trinajstić information content (AvgIpc) is 2.86. The van der Waals surface area contributed by atoms with Crippen molar-refractivity contribution in [2.24, 2.45) is 0 Å². The Morgan fingerprint density at radius 3 is 3.00 bits per heavy atom. The van der Waals surface area contributed by atoms with Crippen LogP contribution < -0.4 is 0 Å². The van der Waals surface area contributed by atoms with E-state index in [9.17, 15) is 4.79 Å². The number of rotatable bonds is 2. The van der Waals surface area contributed by atoms with Crippen molar-refractivity contribution >= 4 is 29.1 Å². The highest BCUT2D eigenvalue weighted by Crippen LogP contribution is 2.45. The van der Waals surface area contributed by atoms with E-state index < -0.39 is 5.97 Å². The highest BCUT2D eigenvalue weighted by molar-refractivity contribution is 8.01. The van der Waals surface area contributed by atoms with Crippen molar-refractivity contribution in [2.75, 3.05) is 0 Å². The summed E-state index contributed by atoms with van der Waals surface area (Å²) in [7, 11) is 0. The van der Waals surface area contributed by atoms with Gasteiger partial charge >= 0.3 is 5.97 Å². The van der Waals surface area contributed by atoms with Crippen LogP contribution in [0.4, 0.5) is 0 Å². The fourth-order valence-corrected chi connectivity index (χ4v) is 4.60. The molecule has 1 aliphatic rings.